The lowest BCUT2D eigenvalue weighted by atomic mass is 10.0. The second-order valence-corrected chi connectivity index (χ2v) is 4.82. The molecule has 106 valence electrons. The van der Waals surface area contributed by atoms with E-state index in [1.165, 1.54) is 6.07 Å². The van der Waals surface area contributed by atoms with E-state index in [-0.39, 0.29) is 18.2 Å². The third-order valence-corrected chi connectivity index (χ3v) is 3.39. The zero-order valence-electron chi connectivity index (χ0n) is 10.6. The predicted octanol–water partition coefficient (Wildman–Crippen LogP) is 2.64. The van der Waals surface area contributed by atoms with E-state index in [1.807, 2.05) is 11.8 Å². The van der Waals surface area contributed by atoms with Gasteiger partial charge < -0.3 is 5.32 Å². The standard InChI is InChI=1S/C13H16F4N2/c1-9-7-18-4-5-19(9)8-10-2-3-11(14)6-12(10)13(15,16)17/h2-3,6,9,18H,4-5,7-8H2,1H3/t9-/m1/s1. The van der Waals surface area contributed by atoms with Gasteiger partial charge in [-0.25, -0.2) is 4.39 Å². The van der Waals surface area contributed by atoms with Crippen LogP contribution in [0.2, 0.25) is 0 Å². The minimum Gasteiger partial charge on any atom is -0.314 e. The number of halogens is 4. The summed E-state index contributed by atoms with van der Waals surface area (Å²) in [5, 5.41) is 3.18. The Morgan fingerprint density at radius 1 is 1.37 bits per heavy atom. The van der Waals surface area contributed by atoms with Crippen LogP contribution in [0.25, 0.3) is 0 Å². The Hall–Kier alpha value is -1.14. The Bertz CT molecular complexity index is 445. The van der Waals surface area contributed by atoms with Crippen LogP contribution in [0.4, 0.5) is 17.6 Å². The van der Waals surface area contributed by atoms with Crippen molar-refractivity contribution in [1.29, 1.82) is 0 Å². The quantitative estimate of drug-likeness (QED) is 0.835. The Labute approximate surface area is 109 Å². The van der Waals surface area contributed by atoms with Crippen molar-refractivity contribution < 1.29 is 17.6 Å². The number of alkyl halides is 3. The third kappa shape index (κ3) is 3.45. The van der Waals surface area contributed by atoms with E-state index in [1.54, 1.807) is 0 Å². The zero-order valence-corrected chi connectivity index (χ0v) is 10.6. The molecule has 0 radical (unpaired) electrons. The second kappa shape index (κ2) is 5.46. The zero-order chi connectivity index (χ0) is 14.0. The highest BCUT2D eigenvalue weighted by Gasteiger charge is 2.34. The molecular formula is C13H16F4N2. The molecule has 0 saturated carbocycles. The molecule has 0 aromatic heterocycles. The number of hydrogen-bond donors (Lipinski definition) is 1. The van der Waals surface area contributed by atoms with Crippen LogP contribution < -0.4 is 5.32 Å². The van der Waals surface area contributed by atoms with Crippen molar-refractivity contribution in [3.63, 3.8) is 0 Å². The molecule has 6 heteroatoms. The van der Waals surface area contributed by atoms with Gasteiger partial charge in [0.2, 0.25) is 0 Å². The lowest BCUT2D eigenvalue weighted by Gasteiger charge is -2.34. The minimum absolute atomic E-state index is 0.127. The van der Waals surface area contributed by atoms with Crippen LogP contribution in [0.1, 0.15) is 18.1 Å². The first-order valence-corrected chi connectivity index (χ1v) is 6.18. The van der Waals surface area contributed by atoms with E-state index in [4.69, 9.17) is 0 Å². The Kier molecular flexibility index (Phi) is 4.10. The van der Waals surface area contributed by atoms with Crippen LogP contribution in [-0.2, 0) is 12.7 Å². The summed E-state index contributed by atoms with van der Waals surface area (Å²) >= 11 is 0. The molecule has 2 nitrogen and oxygen atoms in total. The third-order valence-electron chi connectivity index (χ3n) is 3.39. The van der Waals surface area contributed by atoms with Crippen LogP contribution in [0.15, 0.2) is 18.2 Å². The summed E-state index contributed by atoms with van der Waals surface area (Å²) in [6.07, 6.45) is -4.52. The average molecular weight is 276 g/mol. The summed E-state index contributed by atoms with van der Waals surface area (Å²) in [6.45, 7) is 4.35. The van der Waals surface area contributed by atoms with Gasteiger partial charge >= 0.3 is 6.18 Å². The maximum atomic E-state index is 13.0. The van der Waals surface area contributed by atoms with Crippen molar-refractivity contribution in [3.8, 4) is 0 Å². The molecule has 2 rings (SSSR count). The summed E-state index contributed by atoms with van der Waals surface area (Å²) in [7, 11) is 0. The molecular weight excluding hydrogens is 260 g/mol. The van der Waals surface area contributed by atoms with Crippen LogP contribution in [0.3, 0.4) is 0 Å². The Balaban J connectivity index is 2.24. The van der Waals surface area contributed by atoms with Gasteiger partial charge in [0, 0.05) is 32.2 Å². The predicted molar refractivity (Wildman–Crippen MR) is 64.1 cm³/mol. The number of nitrogens with one attached hydrogen (secondary N) is 1. The van der Waals surface area contributed by atoms with E-state index in [9.17, 15) is 17.6 Å². The van der Waals surface area contributed by atoms with E-state index >= 15 is 0 Å². The molecule has 0 spiro atoms. The molecule has 1 aromatic carbocycles. The molecule has 1 saturated heterocycles. The van der Waals surface area contributed by atoms with E-state index in [0.29, 0.717) is 12.6 Å². The first-order chi connectivity index (χ1) is 8.88. The summed E-state index contributed by atoms with van der Waals surface area (Å²) < 4.78 is 51.7. The van der Waals surface area contributed by atoms with Gasteiger partial charge in [-0.05, 0) is 24.6 Å². The highest BCUT2D eigenvalue weighted by molar-refractivity contribution is 5.30. The van der Waals surface area contributed by atoms with Gasteiger partial charge in [-0.3, -0.25) is 4.90 Å². The van der Waals surface area contributed by atoms with Crippen molar-refractivity contribution in [1.82, 2.24) is 10.2 Å². The fraction of sp³-hybridized carbons (Fsp3) is 0.538. The van der Waals surface area contributed by atoms with Crippen molar-refractivity contribution in [2.75, 3.05) is 19.6 Å². The van der Waals surface area contributed by atoms with Gasteiger partial charge in [0.05, 0.1) is 5.56 Å². The highest BCUT2D eigenvalue weighted by atomic mass is 19.4. The molecule has 1 fully saturated rings. The van der Waals surface area contributed by atoms with E-state index in [2.05, 4.69) is 5.32 Å². The molecule has 1 atom stereocenters. The van der Waals surface area contributed by atoms with Gasteiger partial charge in [-0.2, -0.15) is 13.2 Å². The van der Waals surface area contributed by atoms with Crippen molar-refractivity contribution in [3.05, 3.63) is 35.1 Å². The van der Waals surface area contributed by atoms with Crippen LogP contribution in [-0.4, -0.2) is 30.6 Å². The lowest BCUT2D eigenvalue weighted by Crippen LogP contribution is -2.49. The number of benzene rings is 1. The van der Waals surface area contributed by atoms with Crippen LogP contribution >= 0.6 is 0 Å². The highest BCUT2D eigenvalue weighted by Crippen LogP contribution is 2.33. The van der Waals surface area contributed by atoms with Crippen LogP contribution in [0.5, 0.6) is 0 Å². The van der Waals surface area contributed by atoms with Crippen LogP contribution in [0, 0.1) is 5.82 Å². The Morgan fingerprint density at radius 3 is 2.74 bits per heavy atom. The molecule has 0 aliphatic carbocycles. The normalized spacial score (nSPS) is 21.6. The molecule has 0 unspecified atom stereocenters. The SMILES string of the molecule is C[C@@H]1CNCCN1Cc1ccc(F)cc1C(F)(F)F. The Morgan fingerprint density at radius 2 is 2.11 bits per heavy atom. The molecule has 19 heavy (non-hydrogen) atoms. The van der Waals surface area contributed by atoms with Gasteiger partial charge in [0.1, 0.15) is 5.82 Å². The van der Waals surface area contributed by atoms with Gasteiger partial charge in [-0.15, -0.1) is 0 Å². The number of nitrogens with zero attached hydrogens (tertiary/aromatic N) is 1. The van der Waals surface area contributed by atoms with Gasteiger partial charge in [-0.1, -0.05) is 6.07 Å². The average Bonchev–Trinajstić information content (AvgIpc) is 2.33. The second-order valence-electron chi connectivity index (χ2n) is 4.82. The maximum absolute atomic E-state index is 13.0. The largest absolute Gasteiger partial charge is 0.416 e. The smallest absolute Gasteiger partial charge is 0.314 e. The monoisotopic (exact) mass is 276 g/mol. The van der Waals surface area contributed by atoms with E-state index < -0.39 is 17.6 Å². The number of hydrogen-bond acceptors (Lipinski definition) is 2. The van der Waals surface area contributed by atoms with Crippen molar-refractivity contribution >= 4 is 0 Å². The molecule has 1 N–H and O–H groups in total. The van der Waals surface area contributed by atoms with Crippen molar-refractivity contribution in [2.24, 2.45) is 0 Å². The molecule has 1 aromatic rings. The molecule has 1 heterocycles. The summed E-state index contributed by atoms with van der Waals surface area (Å²) in [5.74, 6) is -0.857. The fourth-order valence-electron chi connectivity index (χ4n) is 2.29. The number of piperazine rings is 1. The molecule has 0 amide bonds. The topological polar surface area (TPSA) is 15.3 Å². The fourth-order valence-corrected chi connectivity index (χ4v) is 2.29. The lowest BCUT2D eigenvalue weighted by molar-refractivity contribution is -0.138. The minimum atomic E-state index is -4.52. The first kappa shape index (κ1) is 14.3. The van der Waals surface area contributed by atoms with Gasteiger partial charge in [0.15, 0.2) is 0 Å². The molecule has 1 aliphatic rings. The summed E-state index contributed by atoms with van der Waals surface area (Å²) in [5.41, 5.74) is -0.749. The molecule has 0 bridgehead atoms. The summed E-state index contributed by atoms with van der Waals surface area (Å²) in [4.78, 5) is 1.97. The maximum Gasteiger partial charge on any atom is 0.416 e. The summed E-state index contributed by atoms with van der Waals surface area (Å²) in [6, 6.07) is 3.05. The number of rotatable bonds is 2. The molecule has 1 aliphatic heterocycles. The van der Waals surface area contributed by atoms with E-state index in [0.717, 1.165) is 19.2 Å². The van der Waals surface area contributed by atoms with Crippen molar-refractivity contribution in [2.45, 2.75) is 25.7 Å². The first-order valence-electron chi connectivity index (χ1n) is 6.18. The van der Waals surface area contributed by atoms with Gasteiger partial charge in [0.25, 0.3) is 0 Å².